The van der Waals surface area contributed by atoms with E-state index in [9.17, 15) is 4.79 Å². The predicted molar refractivity (Wildman–Crippen MR) is 77.1 cm³/mol. The molecule has 0 aromatic heterocycles. The zero-order valence-corrected chi connectivity index (χ0v) is 13.8. The average molecular weight is 337 g/mol. The molecule has 0 N–H and O–H groups in total. The van der Waals surface area contributed by atoms with Gasteiger partial charge in [-0.15, -0.1) is 0 Å². The summed E-state index contributed by atoms with van der Waals surface area (Å²) in [5.74, 6) is 0.909. The van der Waals surface area contributed by atoms with Gasteiger partial charge < -0.3 is 14.2 Å². The van der Waals surface area contributed by atoms with Gasteiger partial charge in [-0.2, -0.15) is 0 Å². The largest absolute Gasteiger partial charge is 0.463 e. The first-order chi connectivity index (χ1) is 8.97. The Balaban J connectivity index is 2.54. The maximum atomic E-state index is 10.9. The SMILES string of the molecule is CC(=O)OC[C@H]1O[C@@H](OCCCBr)[C@H](C)[C@@H](C)[C@@H]1C. The van der Waals surface area contributed by atoms with Crippen molar-refractivity contribution >= 4 is 21.9 Å². The van der Waals surface area contributed by atoms with Crippen molar-refractivity contribution < 1.29 is 19.0 Å². The average Bonchev–Trinajstić information content (AvgIpc) is 2.37. The molecular weight excluding hydrogens is 312 g/mol. The van der Waals surface area contributed by atoms with Gasteiger partial charge in [0, 0.05) is 18.2 Å². The number of alkyl halides is 1. The summed E-state index contributed by atoms with van der Waals surface area (Å²) in [5.41, 5.74) is 0. The normalized spacial score (nSPS) is 35.1. The molecule has 0 spiro atoms. The van der Waals surface area contributed by atoms with Gasteiger partial charge in [0.25, 0.3) is 0 Å². The van der Waals surface area contributed by atoms with Crippen molar-refractivity contribution in [3.63, 3.8) is 0 Å². The van der Waals surface area contributed by atoms with Crippen LogP contribution in [0.3, 0.4) is 0 Å². The summed E-state index contributed by atoms with van der Waals surface area (Å²) in [6, 6.07) is 0. The van der Waals surface area contributed by atoms with Crippen LogP contribution in [0.2, 0.25) is 0 Å². The van der Waals surface area contributed by atoms with Crippen LogP contribution in [-0.4, -0.2) is 36.9 Å². The van der Waals surface area contributed by atoms with Gasteiger partial charge in [-0.25, -0.2) is 0 Å². The fraction of sp³-hybridized carbons (Fsp3) is 0.929. The second-order valence-electron chi connectivity index (χ2n) is 5.34. The molecule has 1 aliphatic heterocycles. The Morgan fingerprint density at radius 1 is 1.21 bits per heavy atom. The topological polar surface area (TPSA) is 44.8 Å². The Bertz CT molecular complexity index is 285. The lowest BCUT2D eigenvalue weighted by Crippen LogP contribution is -2.47. The van der Waals surface area contributed by atoms with Gasteiger partial charge in [0.1, 0.15) is 6.61 Å². The molecule has 1 aliphatic rings. The molecule has 0 amide bonds. The van der Waals surface area contributed by atoms with Crippen molar-refractivity contribution in [1.82, 2.24) is 0 Å². The first-order valence-electron chi connectivity index (χ1n) is 6.93. The molecule has 19 heavy (non-hydrogen) atoms. The van der Waals surface area contributed by atoms with E-state index >= 15 is 0 Å². The third-order valence-electron chi connectivity index (χ3n) is 3.99. The Labute approximate surface area is 124 Å². The van der Waals surface area contributed by atoms with E-state index < -0.39 is 0 Å². The lowest BCUT2D eigenvalue weighted by atomic mass is 9.79. The Hall–Kier alpha value is -0.130. The van der Waals surface area contributed by atoms with Crippen LogP contribution in [0.1, 0.15) is 34.1 Å². The lowest BCUT2D eigenvalue weighted by molar-refractivity contribution is -0.255. The molecule has 1 heterocycles. The molecular formula is C14H25BrO4. The Morgan fingerprint density at radius 3 is 2.47 bits per heavy atom. The standard InChI is InChI=1S/C14H25BrO4/c1-9-10(2)13(8-18-12(4)16)19-14(11(9)3)17-7-5-6-15/h9-11,13-14H,5-8H2,1-4H3/t9-,10-,11+,13+,14+/m0/s1. The number of esters is 1. The van der Waals surface area contributed by atoms with E-state index in [1.807, 2.05) is 0 Å². The molecule has 112 valence electrons. The quantitative estimate of drug-likeness (QED) is 0.425. The van der Waals surface area contributed by atoms with Gasteiger partial charge in [-0.3, -0.25) is 4.79 Å². The van der Waals surface area contributed by atoms with Crippen molar-refractivity contribution in [2.24, 2.45) is 17.8 Å². The number of ether oxygens (including phenoxy) is 3. The third kappa shape index (κ3) is 5.04. The second-order valence-corrected chi connectivity index (χ2v) is 6.13. The minimum Gasteiger partial charge on any atom is -0.463 e. The molecule has 5 atom stereocenters. The minimum atomic E-state index is -0.265. The monoisotopic (exact) mass is 336 g/mol. The molecule has 1 rings (SSSR count). The van der Waals surface area contributed by atoms with E-state index in [1.54, 1.807) is 0 Å². The fourth-order valence-electron chi connectivity index (χ4n) is 2.32. The summed E-state index contributed by atoms with van der Waals surface area (Å²) in [7, 11) is 0. The van der Waals surface area contributed by atoms with Crippen LogP contribution in [-0.2, 0) is 19.0 Å². The summed E-state index contributed by atoms with van der Waals surface area (Å²) in [5, 5.41) is 0.928. The summed E-state index contributed by atoms with van der Waals surface area (Å²) in [4.78, 5) is 10.9. The van der Waals surface area contributed by atoms with Gasteiger partial charge >= 0.3 is 5.97 Å². The molecule has 1 fully saturated rings. The first kappa shape index (κ1) is 16.9. The highest BCUT2D eigenvalue weighted by Crippen LogP contribution is 2.35. The van der Waals surface area contributed by atoms with Crippen LogP contribution in [0.25, 0.3) is 0 Å². The van der Waals surface area contributed by atoms with E-state index in [0.717, 1.165) is 11.8 Å². The molecule has 0 bridgehead atoms. The molecule has 0 saturated carbocycles. The fourth-order valence-corrected chi connectivity index (χ4v) is 2.55. The van der Waals surface area contributed by atoms with Gasteiger partial charge in [0.15, 0.2) is 6.29 Å². The van der Waals surface area contributed by atoms with E-state index in [-0.39, 0.29) is 18.4 Å². The maximum absolute atomic E-state index is 10.9. The van der Waals surface area contributed by atoms with E-state index in [2.05, 4.69) is 36.7 Å². The summed E-state index contributed by atoms with van der Waals surface area (Å²) in [6.45, 7) is 8.92. The van der Waals surface area contributed by atoms with Gasteiger partial charge in [-0.05, 0) is 18.3 Å². The predicted octanol–water partition coefficient (Wildman–Crippen LogP) is 2.98. The van der Waals surface area contributed by atoms with Gasteiger partial charge in [0.05, 0.1) is 12.7 Å². The Morgan fingerprint density at radius 2 is 1.89 bits per heavy atom. The minimum absolute atomic E-state index is 0.0796. The summed E-state index contributed by atoms with van der Waals surface area (Å²) in [6.07, 6.45) is 0.681. The van der Waals surface area contributed by atoms with Crippen molar-refractivity contribution in [2.45, 2.75) is 46.5 Å². The molecule has 1 saturated heterocycles. The first-order valence-corrected chi connectivity index (χ1v) is 8.06. The molecule has 4 nitrogen and oxygen atoms in total. The van der Waals surface area contributed by atoms with E-state index in [4.69, 9.17) is 14.2 Å². The zero-order valence-electron chi connectivity index (χ0n) is 12.2. The molecule has 0 aromatic carbocycles. The number of halogens is 1. The summed E-state index contributed by atoms with van der Waals surface area (Å²) >= 11 is 3.39. The Kier molecular flexibility index (Phi) is 7.32. The number of carbonyl (C=O) groups excluding carboxylic acids is 1. The number of carbonyl (C=O) groups is 1. The number of hydrogen-bond acceptors (Lipinski definition) is 4. The third-order valence-corrected chi connectivity index (χ3v) is 4.56. The molecule has 0 unspecified atom stereocenters. The van der Waals surface area contributed by atoms with Gasteiger partial charge in [0.2, 0.25) is 0 Å². The molecule has 5 heteroatoms. The van der Waals surface area contributed by atoms with Gasteiger partial charge in [-0.1, -0.05) is 36.7 Å². The van der Waals surface area contributed by atoms with Crippen molar-refractivity contribution in [2.75, 3.05) is 18.5 Å². The van der Waals surface area contributed by atoms with E-state index in [0.29, 0.717) is 31.0 Å². The highest BCUT2D eigenvalue weighted by molar-refractivity contribution is 9.09. The van der Waals surface area contributed by atoms with Crippen molar-refractivity contribution in [3.05, 3.63) is 0 Å². The van der Waals surface area contributed by atoms with Crippen LogP contribution in [0, 0.1) is 17.8 Å². The highest BCUT2D eigenvalue weighted by atomic mass is 79.9. The highest BCUT2D eigenvalue weighted by Gasteiger charge is 2.39. The lowest BCUT2D eigenvalue weighted by Gasteiger charge is -2.43. The molecule has 0 aromatic rings. The van der Waals surface area contributed by atoms with Crippen LogP contribution in [0.5, 0.6) is 0 Å². The molecule has 0 aliphatic carbocycles. The summed E-state index contributed by atoms with van der Waals surface area (Å²) < 4.78 is 16.8. The maximum Gasteiger partial charge on any atom is 0.302 e. The number of hydrogen-bond donors (Lipinski definition) is 0. The smallest absolute Gasteiger partial charge is 0.302 e. The van der Waals surface area contributed by atoms with Crippen molar-refractivity contribution in [3.8, 4) is 0 Å². The number of rotatable bonds is 6. The molecule has 0 radical (unpaired) electrons. The zero-order chi connectivity index (χ0) is 14.4. The van der Waals surface area contributed by atoms with Crippen LogP contribution < -0.4 is 0 Å². The van der Waals surface area contributed by atoms with Crippen molar-refractivity contribution in [1.29, 1.82) is 0 Å². The van der Waals surface area contributed by atoms with Crippen LogP contribution in [0.4, 0.5) is 0 Å². The second kappa shape index (κ2) is 8.22. The van der Waals surface area contributed by atoms with Crippen LogP contribution >= 0.6 is 15.9 Å². The van der Waals surface area contributed by atoms with E-state index in [1.165, 1.54) is 6.92 Å². The van der Waals surface area contributed by atoms with Crippen LogP contribution in [0.15, 0.2) is 0 Å².